The van der Waals surface area contributed by atoms with Crippen LogP contribution in [0.25, 0.3) is 0 Å². The Hall–Kier alpha value is -2.19. The molecule has 1 heterocycles. The van der Waals surface area contributed by atoms with Crippen molar-refractivity contribution in [2.45, 2.75) is 17.9 Å². The number of aromatic nitrogens is 1. The molecule has 0 aliphatic carbocycles. The summed E-state index contributed by atoms with van der Waals surface area (Å²) in [6.45, 7) is 1.38. The lowest BCUT2D eigenvalue weighted by atomic mass is 10.3. The van der Waals surface area contributed by atoms with E-state index in [4.69, 9.17) is 16.3 Å². The summed E-state index contributed by atoms with van der Waals surface area (Å²) < 4.78 is 31.5. The minimum atomic E-state index is -1.10. The zero-order valence-electron chi connectivity index (χ0n) is 13.0. The van der Waals surface area contributed by atoms with Crippen LogP contribution in [0.15, 0.2) is 41.4 Å². The van der Waals surface area contributed by atoms with Crippen LogP contribution in [0.2, 0.25) is 5.15 Å². The Morgan fingerprint density at radius 1 is 1.36 bits per heavy atom. The van der Waals surface area contributed by atoms with E-state index < -0.39 is 29.6 Å². The highest BCUT2D eigenvalue weighted by Crippen LogP contribution is 2.23. The second kappa shape index (κ2) is 8.77. The summed E-state index contributed by atoms with van der Waals surface area (Å²) >= 11 is 6.60. The van der Waals surface area contributed by atoms with Gasteiger partial charge in [0.1, 0.15) is 11.6 Å². The fraction of sp³-hybridized carbons (Fsp3) is 0.188. The Morgan fingerprint density at radius 3 is 2.84 bits per heavy atom. The molecule has 25 heavy (non-hydrogen) atoms. The lowest BCUT2D eigenvalue weighted by Crippen LogP contribution is -2.30. The SMILES string of the molecule is C[C@@H](OC(=O)CSc1cc(F)ccc1F)C(=O)Nc1cccnc1Cl. The number of amides is 1. The first-order valence-electron chi connectivity index (χ1n) is 7.05. The lowest BCUT2D eigenvalue weighted by Gasteiger charge is -2.14. The number of benzene rings is 1. The van der Waals surface area contributed by atoms with Gasteiger partial charge in [-0.15, -0.1) is 11.8 Å². The number of anilines is 1. The van der Waals surface area contributed by atoms with Gasteiger partial charge < -0.3 is 10.1 Å². The summed E-state index contributed by atoms with van der Waals surface area (Å²) in [6.07, 6.45) is 0.367. The molecule has 0 fully saturated rings. The molecule has 0 unspecified atom stereocenters. The van der Waals surface area contributed by atoms with Gasteiger partial charge in [0.05, 0.1) is 11.4 Å². The molecule has 0 radical (unpaired) electrons. The monoisotopic (exact) mass is 386 g/mol. The van der Waals surface area contributed by atoms with Crippen molar-refractivity contribution in [2.24, 2.45) is 0 Å². The molecule has 1 aromatic carbocycles. The van der Waals surface area contributed by atoms with E-state index in [1.807, 2.05) is 0 Å². The predicted octanol–water partition coefficient (Wildman–Crippen LogP) is 3.68. The number of pyridine rings is 1. The number of hydrogen-bond acceptors (Lipinski definition) is 5. The summed E-state index contributed by atoms with van der Waals surface area (Å²) in [5.74, 6) is -2.86. The van der Waals surface area contributed by atoms with Gasteiger partial charge in [0, 0.05) is 11.1 Å². The minimum Gasteiger partial charge on any atom is -0.452 e. The van der Waals surface area contributed by atoms with E-state index in [0.29, 0.717) is 0 Å². The topological polar surface area (TPSA) is 68.3 Å². The van der Waals surface area contributed by atoms with Crippen LogP contribution in [-0.4, -0.2) is 28.7 Å². The molecule has 1 atom stereocenters. The van der Waals surface area contributed by atoms with E-state index in [2.05, 4.69) is 10.3 Å². The van der Waals surface area contributed by atoms with Crippen LogP contribution in [0.3, 0.4) is 0 Å². The van der Waals surface area contributed by atoms with Crippen LogP contribution in [0.4, 0.5) is 14.5 Å². The van der Waals surface area contributed by atoms with Gasteiger partial charge in [-0.05, 0) is 37.3 Å². The standard InChI is InChI=1S/C16H13ClF2N2O3S/c1-9(16(23)21-12-3-2-6-20-15(12)17)24-14(22)8-25-13-7-10(18)4-5-11(13)19/h2-7,9H,8H2,1H3,(H,21,23)/t9-/m1/s1. The third-order valence-corrected chi connectivity index (χ3v) is 4.24. The highest BCUT2D eigenvalue weighted by molar-refractivity contribution is 8.00. The van der Waals surface area contributed by atoms with Gasteiger partial charge >= 0.3 is 5.97 Å². The Kier molecular flexibility index (Phi) is 6.72. The average Bonchev–Trinajstić information content (AvgIpc) is 2.57. The smallest absolute Gasteiger partial charge is 0.317 e. The van der Waals surface area contributed by atoms with Gasteiger partial charge in [-0.25, -0.2) is 13.8 Å². The van der Waals surface area contributed by atoms with Gasteiger partial charge in [0.15, 0.2) is 11.3 Å². The van der Waals surface area contributed by atoms with E-state index >= 15 is 0 Å². The molecule has 0 saturated carbocycles. The maximum atomic E-state index is 13.5. The van der Waals surface area contributed by atoms with Gasteiger partial charge in [-0.2, -0.15) is 0 Å². The Labute approximate surface area is 151 Å². The number of rotatable bonds is 6. The third-order valence-electron chi connectivity index (χ3n) is 2.93. The van der Waals surface area contributed by atoms with Crippen molar-refractivity contribution >= 4 is 40.9 Å². The molecule has 0 spiro atoms. The number of carbonyl (C=O) groups excluding carboxylic acids is 2. The van der Waals surface area contributed by atoms with Crippen LogP contribution in [0, 0.1) is 11.6 Å². The molecule has 1 amide bonds. The number of ether oxygens (including phenoxy) is 1. The minimum absolute atomic E-state index is 0.0174. The van der Waals surface area contributed by atoms with Crippen LogP contribution in [0.5, 0.6) is 0 Å². The molecule has 0 aliphatic heterocycles. The third kappa shape index (κ3) is 5.68. The van der Waals surface area contributed by atoms with Crippen molar-refractivity contribution in [3.8, 4) is 0 Å². The predicted molar refractivity (Wildman–Crippen MR) is 90.5 cm³/mol. The summed E-state index contributed by atoms with van der Waals surface area (Å²) in [4.78, 5) is 27.5. The first kappa shape index (κ1) is 19.1. The van der Waals surface area contributed by atoms with Crippen molar-refractivity contribution in [2.75, 3.05) is 11.1 Å². The van der Waals surface area contributed by atoms with E-state index in [1.54, 1.807) is 12.1 Å². The van der Waals surface area contributed by atoms with Crippen molar-refractivity contribution in [3.63, 3.8) is 0 Å². The first-order chi connectivity index (χ1) is 11.9. The van der Waals surface area contributed by atoms with Crippen molar-refractivity contribution < 1.29 is 23.1 Å². The average molecular weight is 387 g/mol. The Balaban J connectivity index is 1.86. The summed E-state index contributed by atoms with van der Waals surface area (Å²) in [5.41, 5.74) is 0.285. The lowest BCUT2D eigenvalue weighted by molar-refractivity contribution is -0.150. The normalized spacial score (nSPS) is 11.7. The molecule has 5 nitrogen and oxygen atoms in total. The molecular weight excluding hydrogens is 374 g/mol. The second-order valence-corrected chi connectivity index (χ2v) is 6.20. The van der Waals surface area contributed by atoms with E-state index in [1.165, 1.54) is 13.1 Å². The molecule has 2 rings (SSSR count). The number of thioether (sulfide) groups is 1. The van der Waals surface area contributed by atoms with Crippen molar-refractivity contribution in [1.82, 2.24) is 4.98 Å². The molecule has 132 valence electrons. The van der Waals surface area contributed by atoms with E-state index in [9.17, 15) is 18.4 Å². The Morgan fingerprint density at radius 2 is 2.12 bits per heavy atom. The fourth-order valence-electron chi connectivity index (χ4n) is 1.72. The molecule has 0 saturated heterocycles. The molecule has 0 aliphatic rings. The van der Waals surface area contributed by atoms with E-state index in [0.717, 1.165) is 30.0 Å². The number of esters is 1. The number of nitrogens with zero attached hydrogens (tertiary/aromatic N) is 1. The zero-order valence-corrected chi connectivity index (χ0v) is 14.5. The number of hydrogen-bond donors (Lipinski definition) is 1. The maximum Gasteiger partial charge on any atom is 0.317 e. The summed E-state index contributed by atoms with van der Waals surface area (Å²) in [6, 6.07) is 6.06. The zero-order chi connectivity index (χ0) is 18.4. The quantitative estimate of drug-likeness (QED) is 0.466. The second-order valence-electron chi connectivity index (χ2n) is 4.83. The summed E-state index contributed by atoms with van der Waals surface area (Å²) in [7, 11) is 0. The number of nitrogens with one attached hydrogen (secondary N) is 1. The number of halogens is 3. The van der Waals surface area contributed by atoms with Crippen LogP contribution in [0.1, 0.15) is 6.92 Å². The highest BCUT2D eigenvalue weighted by Gasteiger charge is 2.19. The highest BCUT2D eigenvalue weighted by atomic mass is 35.5. The number of carbonyl (C=O) groups is 2. The van der Waals surface area contributed by atoms with Gasteiger partial charge in [-0.1, -0.05) is 11.6 Å². The maximum absolute atomic E-state index is 13.5. The van der Waals surface area contributed by atoms with Gasteiger partial charge in [0.2, 0.25) is 0 Å². The largest absolute Gasteiger partial charge is 0.452 e. The molecule has 9 heteroatoms. The molecule has 1 aromatic heterocycles. The first-order valence-corrected chi connectivity index (χ1v) is 8.42. The summed E-state index contributed by atoms with van der Waals surface area (Å²) in [5, 5.41) is 2.58. The van der Waals surface area contributed by atoms with Crippen LogP contribution in [-0.2, 0) is 14.3 Å². The van der Waals surface area contributed by atoms with Crippen LogP contribution >= 0.6 is 23.4 Å². The Bertz CT molecular complexity index is 792. The molecule has 2 aromatic rings. The van der Waals surface area contributed by atoms with Crippen LogP contribution < -0.4 is 5.32 Å². The van der Waals surface area contributed by atoms with Crippen molar-refractivity contribution in [3.05, 3.63) is 53.3 Å². The van der Waals surface area contributed by atoms with E-state index in [-0.39, 0.29) is 21.5 Å². The van der Waals surface area contributed by atoms with Crippen molar-refractivity contribution in [1.29, 1.82) is 0 Å². The van der Waals surface area contributed by atoms with Gasteiger partial charge in [-0.3, -0.25) is 9.59 Å². The molecular formula is C16H13ClF2N2O3S. The molecule has 0 bridgehead atoms. The molecule has 1 N–H and O–H groups in total. The van der Waals surface area contributed by atoms with Gasteiger partial charge in [0.25, 0.3) is 5.91 Å². The fourth-order valence-corrected chi connectivity index (χ4v) is 2.63.